The number of carbonyl (C=O) groups is 1. The quantitative estimate of drug-likeness (QED) is 0.575. The van der Waals surface area contributed by atoms with Crippen molar-refractivity contribution in [1.82, 2.24) is 0 Å². The smallest absolute Gasteiger partial charge is 0.173 e. The highest BCUT2D eigenvalue weighted by molar-refractivity contribution is 6.37. The molecule has 0 heterocycles. The van der Waals surface area contributed by atoms with Crippen molar-refractivity contribution >= 4 is 11.5 Å². The molecular weight excluding hydrogens is 114 g/mol. The minimum Gasteiger partial charge on any atom is -0.302 e. The van der Waals surface area contributed by atoms with E-state index in [2.05, 4.69) is 0 Å². The van der Waals surface area contributed by atoms with Crippen LogP contribution < -0.4 is 0 Å². The van der Waals surface area contributed by atoms with Crippen LogP contribution in [0.4, 0.5) is 0 Å². The molecular formula is C7H13NO. The molecule has 0 saturated heterocycles. The second-order valence-electron chi connectivity index (χ2n) is 2.63. The van der Waals surface area contributed by atoms with Gasteiger partial charge in [-0.2, -0.15) is 0 Å². The predicted molar refractivity (Wildman–Crippen MR) is 37.9 cm³/mol. The molecule has 0 aromatic carbocycles. The first-order valence-electron chi connectivity index (χ1n) is 3.12. The Morgan fingerprint density at radius 2 is 2.00 bits per heavy atom. The predicted octanol–water partition coefficient (Wildman–Crippen LogP) is 1.64. The zero-order valence-electron chi connectivity index (χ0n) is 6.19. The Morgan fingerprint density at radius 3 is 2.11 bits per heavy atom. The van der Waals surface area contributed by atoms with Gasteiger partial charge in [0.15, 0.2) is 5.78 Å². The Kier molecular flexibility index (Phi) is 3.13. The Labute approximate surface area is 55.8 Å². The van der Waals surface area contributed by atoms with Gasteiger partial charge in [-0.05, 0) is 12.3 Å². The summed E-state index contributed by atoms with van der Waals surface area (Å²) in [5.74, 6) is 0.310. The second kappa shape index (κ2) is 3.38. The molecule has 0 aliphatic rings. The van der Waals surface area contributed by atoms with Crippen LogP contribution in [0.2, 0.25) is 0 Å². The summed E-state index contributed by atoms with van der Waals surface area (Å²) in [6, 6.07) is 0. The topological polar surface area (TPSA) is 40.9 Å². The summed E-state index contributed by atoms with van der Waals surface area (Å²) in [4.78, 5) is 10.5. The number of Topliss-reactive ketones (excluding diaryl/α,β-unsaturated/α-hetero) is 1. The zero-order valence-corrected chi connectivity index (χ0v) is 6.19. The SMILES string of the molecule is CC(=O)C(=N)CC(C)C. The standard InChI is InChI=1S/C7H13NO/c1-5(2)4-7(8)6(3)9/h5,8H,4H2,1-3H3. The third-order valence-corrected chi connectivity index (χ3v) is 1.04. The lowest BCUT2D eigenvalue weighted by molar-refractivity contribution is -0.111. The zero-order chi connectivity index (χ0) is 7.44. The number of hydrogen-bond donors (Lipinski definition) is 1. The van der Waals surface area contributed by atoms with Crippen molar-refractivity contribution in [2.75, 3.05) is 0 Å². The molecule has 0 rings (SSSR count). The number of rotatable bonds is 3. The summed E-state index contributed by atoms with van der Waals surface area (Å²) in [7, 11) is 0. The lowest BCUT2D eigenvalue weighted by atomic mass is 10.0. The third kappa shape index (κ3) is 3.88. The highest BCUT2D eigenvalue weighted by Gasteiger charge is 2.04. The van der Waals surface area contributed by atoms with Crippen LogP contribution in [0.1, 0.15) is 27.2 Å². The van der Waals surface area contributed by atoms with E-state index in [1.807, 2.05) is 13.8 Å². The van der Waals surface area contributed by atoms with E-state index >= 15 is 0 Å². The van der Waals surface area contributed by atoms with Gasteiger partial charge in [-0.1, -0.05) is 13.8 Å². The van der Waals surface area contributed by atoms with Gasteiger partial charge in [0.2, 0.25) is 0 Å². The molecule has 0 saturated carbocycles. The molecule has 2 heteroatoms. The Hall–Kier alpha value is -0.660. The average molecular weight is 127 g/mol. The van der Waals surface area contributed by atoms with Crippen LogP contribution in [0, 0.1) is 11.3 Å². The first kappa shape index (κ1) is 8.34. The largest absolute Gasteiger partial charge is 0.302 e. The maximum atomic E-state index is 10.5. The van der Waals surface area contributed by atoms with Crippen LogP contribution in [0.5, 0.6) is 0 Å². The molecule has 1 N–H and O–H groups in total. The molecule has 52 valence electrons. The Balaban J connectivity index is 3.65. The summed E-state index contributed by atoms with van der Waals surface area (Å²) in [5, 5.41) is 7.12. The van der Waals surface area contributed by atoms with Crippen LogP contribution in [0.25, 0.3) is 0 Å². The molecule has 0 fully saturated rings. The van der Waals surface area contributed by atoms with Gasteiger partial charge in [-0.15, -0.1) is 0 Å². The normalized spacial score (nSPS) is 9.78. The van der Waals surface area contributed by atoms with Crippen LogP contribution in [-0.4, -0.2) is 11.5 Å². The fourth-order valence-corrected chi connectivity index (χ4v) is 0.552. The number of carbonyl (C=O) groups excluding carboxylic acids is 1. The maximum absolute atomic E-state index is 10.5. The lowest BCUT2D eigenvalue weighted by Crippen LogP contribution is -2.10. The van der Waals surface area contributed by atoms with Crippen LogP contribution >= 0.6 is 0 Å². The van der Waals surface area contributed by atoms with Crippen molar-refractivity contribution in [2.24, 2.45) is 5.92 Å². The van der Waals surface area contributed by atoms with Gasteiger partial charge >= 0.3 is 0 Å². The first-order chi connectivity index (χ1) is 4.04. The van der Waals surface area contributed by atoms with Crippen molar-refractivity contribution < 1.29 is 4.79 Å². The average Bonchev–Trinajstić information content (AvgIpc) is 1.63. The van der Waals surface area contributed by atoms with Gasteiger partial charge in [0.25, 0.3) is 0 Å². The highest BCUT2D eigenvalue weighted by Crippen LogP contribution is 2.00. The summed E-state index contributed by atoms with van der Waals surface area (Å²) in [5.41, 5.74) is 0.241. The molecule has 0 unspecified atom stereocenters. The van der Waals surface area contributed by atoms with Crippen molar-refractivity contribution in [3.8, 4) is 0 Å². The van der Waals surface area contributed by atoms with E-state index < -0.39 is 0 Å². The second-order valence-corrected chi connectivity index (χ2v) is 2.63. The van der Waals surface area contributed by atoms with Gasteiger partial charge in [-0.25, -0.2) is 0 Å². The first-order valence-corrected chi connectivity index (χ1v) is 3.12. The Bertz CT molecular complexity index is 127. The molecule has 0 aliphatic carbocycles. The van der Waals surface area contributed by atoms with Gasteiger partial charge in [0, 0.05) is 6.92 Å². The van der Waals surface area contributed by atoms with Crippen molar-refractivity contribution in [1.29, 1.82) is 5.41 Å². The van der Waals surface area contributed by atoms with E-state index in [0.717, 1.165) is 0 Å². The van der Waals surface area contributed by atoms with E-state index in [4.69, 9.17) is 5.41 Å². The van der Waals surface area contributed by atoms with Gasteiger partial charge in [0.05, 0.1) is 5.71 Å². The molecule has 9 heavy (non-hydrogen) atoms. The van der Waals surface area contributed by atoms with E-state index in [-0.39, 0.29) is 11.5 Å². The summed E-state index contributed by atoms with van der Waals surface area (Å²) >= 11 is 0. The highest BCUT2D eigenvalue weighted by atomic mass is 16.1. The third-order valence-electron chi connectivity index (χ3n) is 1.04. The number of hydrogen-bond acceptors (Lipinski definition) is 2. The Morgan fingerprint density at radius 1 is 1.56 bits per heavy atom. The molecule has 0 atom stereocenters. The molecule has 0 aromatic rings. The molecule has 0 aliphatic heterocycles. The number of ketones is 1. The van der Waals surface area contributed by atoms with E-state index in [1.54, 1.807) is 0 Å². The molecule has 0 aromatic heterocycles. The summed E-state index contributed by atoms with van der Waals surface area (Å²) in [6.45, 7) is 5.43. The minimum absolute atomic E-state index is 0.108. The fraction of sp³-hybridized carbons (Fsp3) is 0.714. The molecule has 2 nitrogen and oxygen atoms in total. The maximum Gasteiger partial charge on any atom is 0.173 e. The minimum atomic E-state index is -0.108. The fourth-order valence-electron chi connectivity index (χ4n) is 0.552. The number of nitrogens with one attached hydrogen (secondary N) is 1. The molecule has 0 amide bonds. The van der Waals surface area contributed by atoms with Crippen molar-refractivity contribution in [3.63, 3.8) is 0 Å². The van der Waals surface area contributed by atoms with E-state index in [0.29, 0.717) is 12.3 Å². The molecule has 0 radical (unpaired) electrons. The molecule has 0 spiro atoms. The van der Waals surface area contributed by atoms with Gasteiger partial charge in [0.1, 0.15) is 0 Å². The summed E-state index contributed by atoms with van der Waals surface area (Å²) < 4.78 is 0. The van der Waals surface area contributed by atoms with Crippen LogP contribution in [-0.2, 0) is 4.79 Å². The van der Waals surface area contributed by atoms with Crippen molar-refractivity contribution in [2.45, 2.75) is 27.2 Å². The monoisotopic (exact) mass is 127 g/mol. The summed E-state index contributed by atoms with van der Waals surface area (Å²) in [6.07, 6.45) is 0.606. The van der Waals surface area contributed by atoms with Crippen LogP contribution in [0.3, 0.4) is 0 Å². The van der Waals surface area contributed by atoms with Gasteiger partial charge in [-0.3, -0.25) is 4.79 Å². The van der Waals surface area contributed by atoms with Crippen molar-refractivity contribution in [3.05, 3.63) is 0 Å². The van der Waals surface area contributed by atoms with E-state index in [1.165, 1.54) is 6.92 Å². The van der Waals surface area contributed by atoms with E-state index in [9.17, 15) is 4.79 Å². The van der Waals surface area contributed by atoms with Gasteiger partial charge < -0.3 is 5.41 Å². The van der Waals surface area contributed by atoms with Crippen LogP contribution in [0.15, 0.2) is 0 Å². The molecule has 0 bridgehead atoms. The lowest BCUT2D eigenvalue weighted by Gasteiger charge is -2.01.